The number of hydrogen-bond acceptors (Lipinski definition) is 4. The van der Waals surface area contributed by atoms with E-state index in [1.54, 1.807) is 0 Å². The molecule has 0 fully saturated rings. The number of carbonyl (C=O) groups excluding carboxylic acids is 1. The van der Waals surface area contributed by atoms with Gasteiger partial charge in [0.25, 0.3) is 5.91 Å². The Bertz CT molecular complexity index is 1000. The average molecular weight is 400 g/mol. The maximum Gasteiger partial charge on any atom is 0.267 e. The second-order valence-electron chi connectivity index (χ2n) is 6.79. The van der Waals surface area contributed by atoms with Gasteiger partial charge >= 0.3 is 0 Å². The van der Waals surface area contributed by atoms with Crippen LogP contribution in [0.5, 0.6) is 11.5 Å². The lowest BCUT2D eigenvalue weighted by Gasteiger charge is -2.09. The highest BCUT2D eigenvalue weighted by Crippen LogP contribution is 2.36. The van der Waals surface area contributed by atoms with Crippen LogP contribution in [0.1, 0.15) is 23.3 Å². The van der Waals surface area contributed by atoms with Gasteiger partial charge < -0.3 is 25.5 Å². The fourth-order valence-electron chi connectivity index (χ4n) is 3.25. The highest BCUT2D eigenvalue weighted by Gasteiger charge is 2.15. The number of aromatic amines is 1. The monoisotopic (exact) mass is 399 g/mol. The van der Waals surface area contributed by atoms with Crippen LogP contribution in [0.15, 0.2) is 42.5 Å². The van der Waals surface area contributed by atoms with Gasteiger partial charge in [0.15, 0.2) is 11.5 Å². The van der Waals surface area contributed by atoms with Gasteiger partial charge in [-0.2, -0.15) is 0 Å². The number of alkyl halides is 1. The molecule has 1 aliphatic rings. The van der Waals surface area contributed by atoms with E-state index in [4.69, 9.17) is 26.8 Å². The molecule has 3 aromatic rings. The smallest absolute Gasteiger partial charge is 0.267 e. The summed E-state index contributed by atoms with van der Waals surface area (Å²) in [7, 11) is 0. The van der Waals surface area contributed by atoms with Gasteiger partial charge in [-0.15, -0.1) is 11.6 Å². The Morgan fingerprint density at radius 3 is 2.79 bits per heavy atom. The third kappa shape index (κ3) is 3.93. The summed E-state index contributed by atoms with van der Waals surface area (Å²) in [5, 5.41) is 3.73. The lowest BCUT2D eigenvalue weighted by molar-refractivity contribution is 0.0949. The Morgan fingerprint density at radius 1 is 1.14 bits per heavy atom. The van der Waals surface area contributed by atoms with E-state index in [9.17, 15) is 4.79 Å². The van der Waals surface area contributed by atoms with Crippen molar-refractivity contribution in [2.45, 2.75) is 18.2 Å². The van der Waals surface area contributed by atoms with Gasteiger partial charge in [-0.25, -0.2) is 0 Å². The molecule has 2 heterocycles. The number of benzene rings is 2. The zero-order valence-electron chi connectivity index (χ0n) is 15.3. The SMILES string of the molecule is NCCC[C@H](Cl)CNC(=O)c1cc2ccc(-c3ccc4c(c3)OCO4)cc2[nH]1. The maximum absolute atomic E-state index is 12.4. The normalized spacial score (nSPS) is 13.6. The minimum absolute atomic E-state index is 0.116. The van der Waals surface area contributed by atoms with Crippen molar-refractivity contribution < 1.29 is 14.3 Å². The number of halogens is 1. The Balaban J connectivity index is 1.49. The topological polar surface area (TPSA) is 89.4 Å². The van der Waals surface area contributed by atoms with Gasteiger partial charge in [-0.05, 0) is 54.8 Å². The highest BCUT2D eigenvalue weighted by atomic mass is 35.5. The van der Waals surface area contributed by atoms with Gasteiger partial charge in [0.1, 0.15) is 5.69 Å². The molecule has 0 saturated carbocycles. The third-order valence-electron chi connectivity index (χ3n) is 4.78. The van der Waals surface area contributed by atoms with Gasteiger partial charge in [0.2, 0.25) is 6.79 Å². The summed E-state index contributed by atoms with van der Waals surface area (Å²) in [6.07, 6.45) is 1.63. The number of fused-ring (bicyclic) bond motifs is 2. The van der Waals surface area contributed by atoms with Crippen molar-refractivity contribution in [2.75, 3.05) is 19.9 Å². The van der Waals surface area contributed by atoms with Gasteiger partial charge in [0.05, 0.1) is 5.38 Å². The van der Waals surface area contributed by atoms with Crippen molar-refractivity contribution in [3.05, 3.63) is 48.2 Å². The predicted molar refractivity (Wildman–Crippen MR) is 110 cm³/mol. The second kappa shape index (κ2) is 8.12. The number of carbonyl (C=O) groups is 1. The van der Waals surface area contributed by atoms with Crippen LogP contribution in [0.4, 0.5) is 0 Å². The predicted octanol–water partition coefficient (Wildman–Crippen LogP) is 3.64. The van der Waals surface area contributed by atoms with Crippen LogP contribution in [0, 0.1) is 0 Å². The van der Waals surface area contributed by atoms with Gasteiger partial charge in [-0.1, -0.05) is 18.2 Å². The average Bonchev–Trinajstić information content (AvgIpc) is 3.35. The van der Waals surface area contributed by atoms with Crippen LogP contribution in [-0.2, 0) is 0 Å². The minimum atomic E-state index is -0.167. The molecule has 1 amide bonds. The number of aromatic nitrogens is 1. The fraction of sp³-hybridized carbons (Fsp3) is 0.286. The molecule has 4 N–H and O–H groups in total. The molecule has 6 nitrogen and oxygen atoms in total. The summed E-state index contributed by atoms with van der Waals surface area (Å²) >= 11 is 6.20. The van der Waals surface area contributed by atoms with E-state index in [-0.39, 0.29) is 18.1 Å². The highest BCUT2D eigenvalue weighted by molar-refractivity contribution is 6.21. The molecule has 146 valence electrons. The third-order valence-corrected chi connectivity index (χ3v) is 5.15. The van der Waals surface area contributed by atoms with E-state index in [0.29, 0.717) is 18.8 Å². The molecule has 1 atom stereocenters. The number of rotatable bonds is 7. The first-order valence-electron chi connectivity index (χ1n) is 9.29. The van der Waals surface area contributed by atoms with Crippen LogP contribution >= 0.6 is 11.6 Å². The molecule has 0 saturated heterocycles. The van der Waals surface area contributed by atoms with Crippen LogP contribution in [0.2, 0.25) is 0 Å². The summed E-state index contributed by atoms with van der Waals surface area (Å²) in [6, 6.07) is 13.7. The molecular formula is C21H22ClN3O3. The standard InChI is InChI=1S/C21H22ClN3O3/c22-16(2-1-7-23)11-24-21(26)18-9-15-4-3-13(8-17(15)25-18)14-5-6-19-20(10-14)28-12-27-19/h3-6,8-10,16,25H,1-2,7,11-12,23H2,(H,24,26)/t16-/m0/s1. The summed E-state index contributed by atoms with van der Waals surface area (Å²) < 4.78 is 10.8. The first-order chi connectivity index (χ1) is 13.6. The van der Waals surface area contributed by atoms with Crippen molar-refractivity contribution in [1.29, 1.82) is 0 Å². The molecular weight excluding hydrogens is 378 g/mol. The number of H-pyrrole nitrogens is 1. The van der Waals surface area contributed by atoms with Gasteiger partial charge in [0, 0.05) is 17.4 Å². The molecule has 0 aliphatic carbocycles. The lowest BCUT2D eigenvalue weighted by Crippen LogP contribution is -2.30. The summed E-state index contributed by atoms with van der Waals surface area (Å²) in [4.78, 5) is 15.6. The molecule has 4 rings (SSSR count). The molecule has 7 heteroatoms. The molecule has 0 bridgehead atoms. The number of ether oxygens (including phenoxy) is 2. The van der Waals surface area contributed by atoms with Crippen molar-refractivity contribution in [2.24, 2.45) is 5.73 Å². The Kier molecular flexibility index (Phi) is 5.41. The molecule has 0 radical (unpaired) electrons. The van der Waals surface area contributed by atoms with E-state index >= 15 is 0 Å². The molecule has 2 aromatic carbocycles. The first-order valence-corrected chi connectivity index (χ1v) is 9.73. The van der Waals surface area contributed by atoms with Crippen molar-refractivity contribution in [1.82, 2.24) is 10.3 Å². The minimum Gasteiger partial charge on any atom is -0.454 e. The zero-order valence-corrected chi connectivity index (χ0v) is 16.1. The summed E-state index contributed by atoms with van der Waals surface area (Å²) in [5.74, 6) is 1.33. The molecule has 28 heavy (non-hydrogen) atoms. The Morgan fingerprint density at radius 2 is 1.93 bits per heavy atom. The lowest BCUT2D eigenvalue weighted by atomic mass is 10.0. The van der Waals surface area contributed by atoms with E-state index in [0.717, 1.165) is 46.4 Å². The van der Waals surface area contributed by atoms with Crippen LogP contribution in [0.3, 0.4) is 0 Å². The molecule has 1 aliphatic heterocycles. The van der Waals surface area contributed by atoms with E-state index < -0.39 is 0 Å². The summed E-state index contributed by atoms with van der Waals surface area (Å²) in [5.41, 5.74) is 8.95. The van der Waals surface area contributed by atoms with E-state index in [1.165, 1.54) is 0 Å². The van der Waals surface area contributed by atoms with Crippen molar-refractivity contribution >= 4 is 28.4 Å². The van der Waals surface area contributed by atoms with E-state index in [2.05, 4.69) is 10.3 Å². The van der Waals surface area contributed by atoms with Crippen LogP contribution in [0.25, 0.3) is 22.0 Å². The molecule has 1 aromatic heterocycles. The number of nitrogens with two attached hydrogens (primary N) is 1. The van der Waals surface area contributed by atoms with E-state index in [1.807, 2.05) is 42.5 Å². The number of hydrogen-bond donors (Lipinski definition) is 3. The fourth-order valence-corrected chi connectivity index (χ4v) is 3.48. The molecule has 0 unspecified atom stereocenters. The summed E-state index contributed by atoms with van der Waals surface area (Å²) in [6.45, 7) is 1.27. The van der Waals surface area contributed by atoms with Crippen molar-refractivity contribution in [3.63, 3.8) is 0 Å². The van der Waals surface area contributed by atoms with Crippen LogP contribution < -0.4 is 20.5 Å². The van der Waals surface area contributed by atoms with Gasteiger partial charge in [-0.3, -0.25) is 4.79 Å². The van der Waals surface area contributed by atoms with Crippen LogP contribution in [-0.4, -0.2) is 36.2 Å². The first kappa shape index (κ1) is 18.7. The molecule has 0 spiro atoms. The maximum atomic E-state index is 12.4. The number of amides is 1. The quantitative estimate of drug-likeness (QED) is 0.529. The largest absolute Gasteiger partial charge is 0.454 e. The second-order valence-corrected chi connectivity index (χ2v) is 7.41. The van der Waals surface area contributed by atoms with Crippen molar-refractivity contribution in [3.8, 4) is 22.6 Å². The number of nitrogens with one attached hydrogen (secondary N) is 2. The Labute approximate surface area is 168 Å². The Hall–Kier alpha value is -2.70. The zero-order chi connectivity index (χ0) is 19.5.